The molecule has 84 valence electrons. The summed E-state index contributed by atoms with van der Waals surface area (Å²) in [6.07, 6.45) is -4.32. The Morgan fingerprint density at radius 2 is 1.60 bits per heavy atom. The highest BCUT2D eigenvalue weighted by molar-refractivity contribution is 9.10. The molecule has 0 aromatic heterocycles. The smallest absolute Gasteiger partial charge is 0.166 e. The van der Waals surface area contributed by atoms with Crippen molar-refractivity contribution in [3.8, 4) is 0 Å². The molecule has 0 fully saturated rings. The van der Waals surface area contributed by atoms with E-state index in [1.807, 2.05) is 0 Å². The largest absolute Gasteiger partial charge is 0.417 e. The zero-order chi connectivity index (χ0) is 11.9. The van der Waals surface area contributed by atoms with Gasteiger partial charge in [-0.15, -0.1) is 0 Å². The Morgan fingerprint density at radius 1 is 1.07 bits per heavy atom. The van der Waals surface area contributed by atoms with E-state index in [4.69, 9.17) is 0 Å². The predicted molar refractivity (Wildman–Crippen MR) is 57.8 cm³/mol. The Balaban J connectivity index is 3.48. The first kappa shape index (κ1) is 12.6. The molecule has 0 aliphatic heterocycles. The maximum atomic E-state index is 12.8. The van der Waals surface area contributed by atoms with Crippen LogP contribution in [0.4, 0.5) is 13.2 Å². The van der Waals surface area contributed by atoms with Gasteiger partial charge in [0.25, 0.3) is 0 Å². The van der Waals surface area contributed by atoms with E-state index < -0.39 is 17.2 Å². The van der Waals surface area contributed by atoms with Crippen molar-refractivity contribution in [2.75, 3.05) is 0 Å². The molecule has 0 nitrogen and oxygen atoms in total. The van der Waals surface area contributed by atoms with Gasteiger partial charge in [0, 0.05) is 4.47 Å². The van der Waals surface area contributed by atoms with E-state index in [2.05, 4.69) is 15.9 Å². The second-order valence-electron chi connectivity index (χ2n) is 4.41. The summed E-state index contributed by atoms with van der Waals surface area (Å²) in [7, 11) is 0. The van der Waals surface area contributed by atoms with Crippen molar-refractivity contribution in [2.24, 2.45) is 0 Å². The summed E-state index contributed by atoms with van der Waals surface area (Å²) in [5.74, 6) is 0. The van der Waals surface area contributed by atoms with Gasteiger partial charge >= 0.3 is 6.18 Å². The maximum absolute atomic E-state index is 12.8. The molecule has 0 N–H and O–H groups in total. The van der Waals surface area contributed by atoms with Gasteiger partial charge in [0.15, 0.2) is 0 Å². The molecule has 1 rings (SSSR count). The van der Waals surface area contributed by atoms with Crippen LogP contribution in [0.3, 0.4) is 0 Å². The average Bonchev–Trinajstić information content (AvgIpc) is 1.99. The van der Waals surface area contributed by atoms with Gasteiger partial charge in [0.2, 0.25) is 0 Å². The lowest BCUT2D eigenvalue weighted by atomic mass is 9.83. The number of hydrogen-bond donors (Lipinski definition) is 0. The third-order valence-electron chi connectivity index (χ3n) is 2.11. The molecule has 15 heavy (non-hydrogen) atoms. The lowest BCUT2D eigenvalue weighted by Crippen LogP contribution is -2.19. The maximum Gasteiger partial charge on any atom is 0.417 e. The second kappa shape index (κ2) is 3.81. The van der Waals surface area contributed by atoms with Crippen molar-refractivity contribution in [2.45, 2.75) is 32.4 Å². The van der Waals surface area contributed by atoms with Crippen LogP contribution in [-0.2, 0) is 11.6 Å². The Kier molecular flexibility index (Phi) is 3.19. The SMILES string of the molecule is CC(C)(C)c1cccc(Br)c1C(F)(F)F. The van der Waals surface area contributed by atoms with Gasteiger partial charge < -0.3 is 0 Å². The van der Waals surface area contributed by atoms with Crippen molar-refractivity contribution in [1.82, 2.24) is 0 Å². The summed E-state index contributed by atoms with van der Waals surface area (Å²) in [5.41, 5.74) is -0.781. The van der Waals surface area contributed by atoms with E-state index in [0.717, 1.165) is 0 Å². The lowest BCUT2D eigenvalue weighted by Gasteiger charge is -2.24. The minimum atomic E-state index is -4.32. The summed E-state index contributed by atoms with van der Waals surface area (Å²) in [5, 5.41) is 0. The third kappa shape index (κ3) is 2.74. The van der Waals surface area contributed by atoms with Crippen LogP contribution < -0.4 is 0 Å². The standard InChI is InChI=1S/C11H12BrF3/c1-10(2,3)7-5-4-6-8(12)9(7)11(13,14)15/h4-6H,1-3H3. The van der Waals surface area contributed by atoms with Crippen LogP contribution in [0.25, 0.3) is 0 Å². The molecule has 0 unspecified atom stereocenters. The number of rotatable bonds is 0. The van der Waals surface area contributed by atoms with Crippen molar-refractivity contribution in [3.63, 3.8) is 0 Å². The third-order valence-corrected chi connectivity index (χ3v) is 2.77. The van der Waals surface area contributed by atoms with Crippen molar-refractivity contribution < 1.29 is 13.2 Å². The van der Waals surface area contributed by atoms with Crippen LogP contribution >= 0.6 is 15.9 Å². The first-order valence-electron chi connectivity index (χ1n) is 4.50. The zero-order valence-electron chi connectivity index (χ0n) is 8.74. The number of alkyl halides is 3. The minimum Gasteiger partial charge on any atom is -0.166 e. The Morgan fingerprint density at radius 3 is 1.93 bits per heavy atom. The minimum absolute atomic E-state index is 0.0995. The topological polar surface area (TPSA) is 0 Å². The van der Waals surface area contributed by atoms with Crippen LogP contribution in [0.1, 0.15) is 31.9 Å². The molecule has 0 saturated heterocycles. The van der Waals surface area contributed by atoms with Gasteiger partial charge in [-0.1, -0.05) is 48.8 Å². The first-order valence-corrected chi connectivity index (χ1v) is 5.29. The predicted octanol–water partition coefficient (Wildman–Crippen LogP) is 4.77. The van der Waals surface area contributed by atoms with Gasteiger partial charge in [-0.25, -0.2) is 0 Å². The molecule has 0 bridgehead atoms. The molecule has 4 heteroatoms. The van der Waals surface area contributed by atoms with E-state index >= 15 is 0 Å². The molecule has 0 aliphatic carbocycles. The normalized spacial score (nSPS) is 13.0. The molecule has 1 aromatic carbocycles. The highest BCUT2D eigenvalue weighted by Gasteiger charge is 2.38. The van der Waals surface area contributed by atoms with E-state index in [0.29, 0.717) is 5.56 Å². The van der Waals surface area contributed by atoms with Gasteiger partial charge in [0.05, 0.1) is 5.56 Å². The second-order valence-corrected chi connectivity index (χ2v) is 5.26. The van der Waals surface area contributed by atoms with Crippen LogP contribution in [0, 0.1) is 0 Å². The average molecular weight is 281 g/mol. The Hall–Kier alpha value is -0.510. The number of hydrogen-bond acceptors (Lipinski definition) is 0. The van der Waals surface area contributed by atoms with Crippen LogP contribution in [0.15, 0.2) is 22.7 Å². The quantitative estimate of drug-likeness (QED) is 0.642. The highest BCUT2D eigenvalue weighted by Crippen LogP contribution is 2.41. The monoisotopic (exact) mass is 280 g/mol. The van der Waals surface area contributed by atoms with Crippen LogP contribution in [-0.4, -0.2) is 0 Å². The highest BCUT2D eigenvalue weighted by atomic mass is 79.9. The molecule has 0 saturated carbocycles. The molecular formula is C11H12BrF3. The summed E-state index contributed by atoms with van der Waals surface area (Å²) in [6.45, 7) is 5.30. The molecule has 0 aliphatic rings. The number of halogens is 4. The summed E-state index contributed by atoms with van der Waals surface area (Å²) < 4.78 is 38.5. The van der Waals surface area contributed by atoms with E-state index in [1.54, 1.807) is 26.8 Å². The molecule has 0 spiro atoms. The van der Waals surface area contributed by atoms with Crippen LogP contribution in [0.2, 0.25) is 0 Å². The first-order chi connectivity index (χ1) is 6.64. The Labute approximate surface area is 95.6 Å². The fraction of sp³-hybridized carbons (Fsp3) is 0.455. The molecule has 1 aromatic rings. The molecule has 0 atom stereocenters. The molecule has 0 amide bonds. The molecule has 0 radical (unpaired) electrons. The number of benzene rings is 1. The van der Waals surface area contributed by atoms with Crippen molar-refractivity contribution in [3.05, 3.63) is 33.8 Å². The van der Waals surface area contributed by atoms with Gasteiger partial charge in [0.1, 0.15) is 0 Å². The van der Waals surface area contributed by atoms with Crippen LogP contribution in [0.5, 0.6) is 0 Å². The lowest BCUT2D eigenvalue weighted by molar-refractivity contribution is -0.139. The van der Waals surface area contributed by atoms with Gasteiger partial charge in [-0.2, -0.15) is 13.2 Å². The molecule has 0 heterocycles. The molecular weight excluding hydrogens is 269 g/mol. The fourth-order valence-electron chi connectivity index (χ4n) is 1.44. The van der Waals surface area contributed by atoms with E-state index in [9.17, 15) is 13.2 Å². The zero-order valence-corrected chi connectivity index (χ0v) is 10.3. The Bertz CT molecular complexity index is 361. The summed E-state index contributed by atoms with van der Waals surface area (Å²) in [4.78, 5) is 0. The van der Waals surface area contributed by atoms with Crippen molar-refractivity contribution in [1.29, 1.82) is 0 Å². The van der Waals surface area contributed by atoms with E-state index in [1.165, 1.54) is 12.1 Å². The summed E-state index contributed by atoms with van der Waals surface area (Å²) >= 11 is 2.96. The van der Waals surface area contributed by atoms with Gasteiger partial charge in [-0.3, -0.25) is 0 Å². The van der Waals surface area contributed by atoms with E-state index in [-0.39, 0.29) is 4.47 Å². The fourth-order valence-corrected chi connectivity index (χ4v) is 2.03. The summed E-state index contributed by atoms with van der Waals surface area (Å²) in [6, 6.07) is 4.56. The van der Waals surface area contributed by atoms with Gasteiger partial charge in [-0.05, 0) is 17.0 Å². The van der Waals surface area contributed by atoms with Crippen molar-refractivity contribution >= 4 is 15.9 Å².